The van der Waals surface area contributed by atoms with Crippen LogP contribution in [0.3, 0.4) is 0 Å². The molecule has 0 aliphatic carbocycles. The fourth-order valence-corrected chi connectivity index (χ4v) is 3.94. The molecule has 4 N–H and O–H groups in total. The zero-order chi connectivity index (χ0) is 26.0. The molecule has 0 radical (unpaired) electrons. The minimum atomic E-state index is -1.02. The van der Waals surface area contributed by atoms with Crippen molar-refractivity contribution in [2.24, 2.45) is 5.73 Å². The summed E-state index contributed by atoms with van der Waals surface area (Å²) in [7, 11) is 0. The first-order chi connectivity index (χ1) is 17.1. The monoisotopic (exact) mass is 489 g/mol. The normalized spacial score (nSPS) is 10.9. The third-order valence-electron chi connectivity index (χ3n) is 5.50. The number of carbonyl (C=O) groups excluding carboxylic acids is 2. The van der Waals surface area contributed by atoms with Gasteiger partial charge in [-0.1, -0.05) is 18.2 Å². The maximum Gasteiger partial charge on any atom is 0.411 e. The van der Waals surface area contributed by atoms with Gasteiger partial charge in [0, 0.05) is 34.9 Å². The van der Waals surface area contributed by atoms with Crippen LogP contribution in [0.25, 0.3) is 22.0 Å². The zero-order valence-electron chi connectivity index (χ0n) is 19.8. The van der Waals surface area contributed by atoms with Gasteiger partial charge in [-0.25, -0.2) is 19.0 Å². The van der Waals surface area contributed by atoms with Crippen molar-refractivity contribution in [2.45, 2.75) is 26.8 Å². The molecule has 2 aromatic carbocycles. The highest BCUT2D eigenvalue weighted by atomic mass is 19.1. The van der Waals surface area contributed by atoms with Crippen LogP contribution >= 0.6 is 0 Å². The van der Waals surface area contributed by atoms with Crippen molar-refractivity contribution in [3.05, 3.63) is 82.5 Å². The van der Waals surface area contributed by atoms with E-state index in [4.69, 9.17) is 10.5 Å². The number of primary amides is 1. The van der Waals surface area contributed by atoms with Gasteiger partial charge in [0.25, 0.3) is 5.56 Å². The number of rotatable bonds is 5. The molecule has 9 nitrogen and oxygen atoms in total. The van der Waals surface area contributed by atoms with E-state index < -0.39 is 17.9 Å². The number of nitrogens with two attached hydrogens (primary N) is 1. The van der Waals surface area contributed by atoms with Gasteiger partial charge in [-0.15, -0.1) is 0 Å². The highest BCUT2D eigenvalue weighted by Gasteiger charge is 2.19. The average molecular weight is 490 g/mol. The Balaban J connectivity index is 1.79. The molecule has 0 spiro atoms. The van der Waals surface area contributed by atoms with Gasteiger partial charge in [0.15, 0.2) is 0 Å². The number of nitrogens with zero attached hydrogens (tertiary/aromatic N) is 2. The molecule has 36 heavy (non-hydrogen) atoms. The number of aromatic nitrogens is 2. The Hall–Kier alpha value is -4.73. The number of para-hydroxylation sites is 1. The summed E-state index contributed by atoms with van der Waals surface area (Å²) < 4.78 is 21.2. The number of ether oxygens (including phenoxy) is 1. The summed E-state index contributed by atoms with van der Waals surface area (Å²) in [6.45, 7) is 5.34. The molecule has 2 heterocycles. The molecule has 0 aliphatic heterocycles. The van der Waals surface area contributed by atoms with Gasteiger partial charge < -0.3 is 25.7 Å². The minimum Gasteiger partial charge on any atom is -0.391 e. The SMILES string of the molecule is Cc1cc(F)c(NC(=O)Nc2ccccc2)cc1-c1cc2cnc(OC(N)=O)cc2n(C(C)C)c1=O. The summed E-state index contributed by atoms with van der Waals surface area (Å²) in [6.07, 6.45) is 0.441. The fraction of sp³-hybridized carbons (Fsp3) is 0.154. The number of hydrogen-bond acceptors (Lipinski definition) is 5. The predicted octanol–water partition coefficient (Wildman–Crippen LogP) is 5.19. The number of halogens is 1. The molecule has 0 aliphatic rings. The largest absolute Gasteiger partial charge is 0.411 e. The number of anilines is 2. The van der Waals surface area contributed by atoms with Crippen LogP contribution in [0.5, 0.6) is 5.88 Å². The predicted molar refractivity (Wildman–Crippen MR) is 136 cm³/mol. The number of hydrogen-bond donors (Lipinski definition) is 3. The maximum absolute atomic E-state index is 14.8. The van der Waals surface area contributed by atoms with E-state index >= 15 is 0 Å². The summed E-state index contributed by atoms with van der Waals surface area (Å²) in [5.74, 6) is -0.676. The Morgan fingerprint density at radius 1 is 1.06 bits per heavy atom. The van der Waals surface area contributed by atoms with Crippen LogP contribution in [-0.4, -0.2) is 21.7 Å². The Morgan fingerprint density at radius 3 is 2.44 bits per heavy atom. The van der Waals surface area contributed by atoms with E-state index in [9.17, 15) is 18.8 Å². The first kappa shape index (κ1) is 24.4. The lowest BCUT2D eigenvalue weighted by atomic mass is 9.99. The zero-order valence-corrected chi connectivity index (χ0v) is 19.8. The van der Waals surface area contributed by atoms with Gasteiger partial charge >= 0.3 is 12.1 Å². The molecular formula is C26H24FN5O4. The van der Waals surface area contributed by atoms with Gasteiger partial charge in [0.1, 0.15) is 5.82 Å². The molecule has 4 rings (SSSR count). The molecule has 0 unspecified atom stereocenters. The first-order valence-corrected chi connectivity index (χ1v) is 11.1. The van der Waals surface area contributed by atoms with Crippen molar-refractivity contribution in [3.63, 3.8) is 0 Å². The van der Waals surface area contributed by atoms with Crippen LogP contribution in [0, 0.1) is 12.7 Å². The molecule has 4 aromatic rings. The van der Waals surface area contributed by atoms with Crippen molar-refractivity contribution >= 4 is 34.4 Å². The van der Waals surface area contributed by atoms with Gasteiger partial charge in [-0.3, -0.25) is 4.79 Å². The van der Waals surface area contributed by atoms with Crippen LogP contribution in [0.2, 0.25) is 0 Å². The summed E-state index contributed by atoms with van der Waals surface area (Å²) in [6, 6.07) is 13.6. The third kappa shape index (κ3) is 5.02. The second-order valence-electron chi connectivity index (χ2n) is 8.42. The van der Waals surface area contributed by atoms with Crippen molar-refractivity contribution in [1.29, 1.82) is 0 Å². The first-order valence-electron chi connectivity index (χ1n) is 11.1. The lowest BCUT2D eigenvalue weighted by molar-refractivity contribution is 0.209. The Kier molecular flexibility index (Phi) is 6.69. The highest BCUT2D eigenvalue weighted by molar-refractivity contribution is 6.00. The van der Waals surface area contributed by atoms with E-state index in [1.165, 1.54) is 29.0 Å². The van der Waals surface area contributed by atoms with Crippen molar-refractivity contribution < 1.29 is 18.7 Å². The van der Waals surface area contributed by atoms with Gasteiger partial charge in [-0.05, 0) is 62.2 Å². The molecule has 2 aromatic heterocycles. The Bertz CT molecular complexity index is 1530. The van der Waals surface area contributed by atoms with E-state index in [2.05, 4.69) is 15.6 Å². The van der Waals surface area contributed by atoms with Crippen molar-refractivity contribution in [1.82, 2.24) is 9.55 Å². The number of urea groups is 1. The molecule has 184 valence electrons. The van der Waals surface area contributed by atoms with Gasteiger partial charge in [0.2, 0.25) is 5.88 Å². The number of nitrogens with one attached hydrogen (secondary N) is 2. The minimum absolute atomic E-state index is 0.0366. The standard InChI is InChI=1S/C26H24FN5O4/c1-14(2)32-22-12-23(36-25(28)34)29-13-16(22)10-19(24(32)33)18-11-21(20(27)9-15(18)3)31-26(35)30-17-7-5-4-6-8-17/h4-14H,1-3H3,(H2,28,34)(H2,30,31,35). The van der Waals surface area contributed by atoms with Crippen LogP contribution < -0.4 is 26.7 Å². The van der Waals surface area contributed by atoms with Crippen molar-refractivity contribution in [2.75, 3.05) is 10.6 Å². The van der Waals surface area contributed by atoms with E-state index in [1.54, 1.807) is 37.3 Å². The number of carbonyl (C=O) groups is 2. The number of aryl methyl sites for hydroxylation is 1. The molecular weight excluding hydrogens is 465 g/mol. The number of benzene rings is 2. The smallest absolute Gasteiger partial charge is 0.391 e. The van der Waals surface area contributed by atoms with Crippen molar-refractivity contribution in [3.8, 4) is 17.0 Å². The molecule has 0 atom stereocenters. The van der Waals surface area contributed by atoms with Crippen LogP contribution in [0.4, 0.5) is 25.4 Å². The van der Waals surface area contributed by atoms with Crippen LogP contribution in [-0.2, 0) is 0 Å². The quantitative estimate of drug-likeness (QED) is 0.355. The molecule has 3 amide bonds. The van der Waals surface area contributed by atoms with Crippen LogP contribution in [0.1, 0.15) is 25.5 Å². The topological polar surface area (TPSA) is 128 Å². The maximum atomic E-state index is 14.8. The lowest BCUT2D eigenvalue weighted by Crippen LogP contribution is -2.25. The third-order valence-corrected chi connectivity index (χ3v) is 5.50. The summed E-state index contributed by atoms with van der Waals surface area (Å²) in [5, 5.41) is 5.74. The summed E-state index contributed by atoms with van der Waals surface area (Å²) in [4.78, 5) is 41.3. The second-order valence-corrected chi connectivity index (χ2v) is 8.42. The molecule has 0 saturated heterocycles. The molecule has 0 bridgehead atoms. The van der Waals surface area contributed by atoms with Gasteiger partial charge in [0.05, 0.1) is 11.2 Å². The fourth-order valence-electron chi connectivity index (χ4n) is 3.94. The summed E-state index contributed by atoms with van der Waals surface area (Å²) in [5.41, 5.74) is 6.95. The van der Waals surface area contributed by atoms with E-state index in [0.717, 1.165) is 0 Å². The average Bonchev–Trinajstić information content (AvgIpc) is 2.80. The second kappa shape index (κ2) is 9.87. The van der Waals surface area contributed by atoms with E-state index in [1.807, 2.05) is 19.9 Å². The number of fused-ring (bicyclic) bond motifs is 1. The Morgan fingerprint density at radius 2 is 1.78 bits per heavy atom. The number of amides is 3. The van der Waals surface area contributed by atoms with Crippen LogP contribution in [0.15, 0.2) is 65.6 Å². The summed E-state index contributed by atoms with van der Waals surface area (Å²) >= 11 is 0. The molecule has 0 saturated carbocycles. The molecule has 0 fully saturated rings. The van der Waals surface area contributed by atoms with E-state index in [-0.39, 0.29) is 23.2 Å². The lowest BCUT2D eigenvalue weighted by Gasteiger charge is -2.18. The highest BCUT2D eigenvalue weighted by Crippen LogP contribution is 2.30. The molecule has 10 heteroatoms. The Labute approximate surface area is 205 Å². The van der Waals surface area contributed by atoms with E-state index in [0.29, 0.717) is 33.3 Å². The van der Waals surface area contributed by atoms with Gasteiger partial charge in [-0.2, -0.15) is 0 Å². The number of pyridine rings is 2.